The van der Waals surface area contributed by atoms with Crippen LogP contribution < -0.4 is 5.32 Å². The molecule has 0 spiro atoms. The Morgan fingerprint density at radius 1 is 1.18 bits per heavy atom. The van der Waals surface area contributed by atoms with E-state index in [0.717, 1.165) is 0 Å². The Labute approximate surface area is 196 Å². The van der Waals surface area contributed by atoms with E-state index in [0.29, 0.717) is 46.5 Å². The molecule has 3 aromatic rings. The first-order chi connectivity index (χ1) is 16.2. The largest absolute Gasteiger partial charge is 0.481 e. The Hall–Kier alpha value is -3.63. The molecule has 1 aromatic carbocycles. The number of hydrogen-bond donors (Lipinski definition) is 4. The van der Waals surface area contributed by atoms with Crippen LogP contribution in [0, 0.1) is 5.82 Å². The Bertz CT molecular complexity index is 1160. The number of carbonyl (C=O) groups is 1. The number of carboxylic acid groups (broad SMARTS) is 1. The molecule has 0 fully saturated rings. The number of rotatable bonds is 11. The number of benzene rings is 1. The van der Waals surface area contributed by atoms with Crippen molar-refractivity contribution in [1.82, 2.24) is 19.5 Å². The van der Waals surface area contributed by atoms with E-state index in [9.17, 15) is 19.4 Å². The Balaban J connectivity index is 2.04. The molecule has 2 heterocycles. The minimum Gasteiger partial charge on any atom is -0.481 e. The number of aliphatic hydroxyl groups is 2. The summed E-state index contributed by atoms with van der Waals surface area (Å²) >= 11 is 0. The summed E-state index contributed by atoms with van der Waals surface area (Å²) < 4.78 is 15.5. The third-order valence-corrected chi connectivity index (χ3v) is 5.23. The Morgan fingerprint density at radius 2 is 1.88 bits per heavy atom. The molecule has 0 saturated heterocycles. The van der Waals surface area contributed by atoms with Gasteiger partial charge in [-0.05, 0) is 55.7 Å². The van der Waals surface area contributed by atoms with Gasteiger partial charge in [-0.1, -0.05) is 6.58 Å². The second-order valence-electron chi connectivity index (χ2n) is 8.02. The van der Waals surface area contributed by atoms with Crippen molar-refractivity contribution in [2.75, 3.05) is 12.4 Å². The molecule has 4 N–H and O–H groups in total. The molecule has 3 rings (SSSR count). The monoisotopic (exact) mass is 469 g/mol. The van der Waals surface area contributed by atoms with Gasteiger partial charge < -0.3 is 25.2 Å². The van der Waals surface area contributed by atoms with Gasteiger partial charge in [0.05, 0.1) is 30.0 Å². The number of aromatic nitrogens is 4. The second kappa shape index (κ2) is 11.0. The molecule has 34 heavy (non-hydrogen) atoms. The zero-order valence-corrected chi connectivity index (χ0v) is 19.1. The highest BCUT2D eigenvalue weighted by Crippen LogP contribution is 2.34. The molecular weight excluding hydrogens is 441 g/mol. The van der Waals surface area contributed by atoms with Crippen molar-refractivity contribution in [2.24, 2.45) is 0 Å². The van der Waals surface area contributed by atoms with Crippen LogP contribution in [0.3, 0.4) is 0 Å². The van der Waals surface area contributed by atoms with E-state index >= 15 is 0 Å². The predicted molar refractivity (Wildman–Crippen MR) is 126 cm³/mol. The number of nitrogens with one attached hydrogen (secondary N) is 1. The zero-order chi connectivity index (χ0) is 24.8. The van der Waals surface area contributed by atoms with Crippen molar-refractivity contribution in [1.29, 1.82) is 0 Å². The molecule has 0 aliphatic heterocycles. The number of carboxylic acids is 1. The van der Waals surface area contributed by atoms with E-state index < -0.39 is 24.6 Å². The van der Waals surface area contributed by atoms with E-state index in [1.54, 1.807) is 31.4 Å². The smallest absolute Gasteiger partial charge is 0.305 e. The summed E-state index contributed by atoms with van der Waals surface area (Å²) in [6, 6.07) is 7.71. The number of anilines is 1. The molecule has 0 saturated carbocycles. The fraction of sp³-hybridized carbons (Fsp3) is 0.333. The lowest BCUT2D eigenvalue weighted by Crippen LogP contribution is -2.22. The van der Waals surface area contributed by atoms with Gasteiger partial charge in [0.2, 0.25) is 5.95 Å². The maximum atomic E-state index is 13.7. The molecule has 0 amide bonds. The molecule has 0 aliphatic carbocycles. The molecule has 10 heteroatoms. The van der Waals surface area contributed by atoms with Crippen LogP contribution in [0.5, 0.6) is 0 Å². The van der Waals surface area contributed by atoms with Crippen LogP contribution in [-0.2, 0) is 11.3 Å². The normalized spacial score (nSPS) is 12.9. The number of imidazole rings is 1. The lowest BCUT2D eigenvalue weighted by Gasteiger charge is -2.17. The Kier molecular flexibility index (Phi) is 8.08. The van der Waals surface area contributed by atoms with Crippen molar-refractivity contribution in [3.8, 4) is 22.6 Å². The molecule has 2 atom stereocenters. The van der Waals surface area contributed by atoms with Crippen LogP contribution in [0.4, 0.5) is 10.3 Å². The van der Waals surface area contributed by atoms with Crippen molar-refractivity contribution >= 4 is 17.5 Å². The third-order valence-electron chi connectivity index (χ3n) is 5.23. The van der Waals surface area contributed by atoms with Crippen LogP contribution in [-0.4, -0.2) is 60.1 Å². The average Bonchev–Trinajstić information content (AvgIpc) is 3.17. The number of aliphatic carboxylic acids is 1. The SMILES string of the molecule is C=C(C)c1nc(-c2ccnc(NC)n2)c(-c2ccc(F)cc2)n1CC[C@@H](O)C[C@@H](O)CC(=O)O. The van der Waals surface area contributed by atoms with E-state index in [-0.39, 0.29) is 18.7 Å². The lowest BCUT2D eigenvalue weighted by atomic mass is 10.1. The van der Waals surface area contributed by atoms with Gasteiger partial charge in [-0.2, -0.15) is 0 Å². The Morgan fingerprint density at radius 3 is 2.50 bits per heavy atom. The molecule has 0 unspecified atom stereocenters. The number of aliphatic hydroxyl groups excluding tert-OH is 2. The van der Waals surface area contributed by atoms with Gasteiger partial charge in [-0.25, -0.2) is 19.3 Å². The number of halogens is 1. The highest BCUT2D eigenvalue weighted by molar-refractivity contribution is 5.80. The maximum Gasteiger partial charge on any atom is 0.305 e. The first-order valence-corrected chi connectivity index (χ1v) is 10.8. The summed E-state index contributed by atoms with van der Waals surface area (Å²) in [5.74, 6) is -0.527. The van der Waals surface area contributed by atoms with E-state index in [4.69, 9.17) is 10.1 Å². The number of allylic oxidation sites excluding steroid dienone is 1. The standard InChI is InChI=1S/C24H28FN5O4/c1-14(2)23-29-21(19-8-10-27-24(26-3)28-19)22(15-4-6-16(25)7-5-15)30(23)11-9-17(31)12-18(32)13-20(33)34/h4-8,10,17-18,31-32H,1,9,11-13H2,2-3H3,(H,33,34)(H,26,27,28)/t17-,18-/m1/s1. The fourth-order valence-electron chi connectivity index (χ4n) is 3.68. The first-order valence-electron chi connectivity index (χ1n) is 10.8. The molecule has 0 radical (unpaired) electrons. The van der Waals surface area contributed by atoms with Gasteiger partial charge in [0.25, 0.3) is 0 Å². The molecule has 2 aromatic heterocycles. The number of hydrogen-bond acceptors (Lipinski definition) is 7. The fourth-order valence-corrected chi connectivity index (χ4v) is 3.68. The zero-order valence-electron chi connectivity index (χ0n) is 19.1. The van der Waals surface area contributed by atoms with Crippen LogP contribution in [0.2, 0.25) is 0 Å². The van der Waals surface area contributed by atoms with Crippen molar-refractivity contribution in [3.63, 3.8) is 0 Å². The van der Waals surface area contributed by atoms with Gasteiger partial charge in [-0.15, -0.1) is 0 Å². The van der Waals surface area contributed by atoms with Gasteiger partial charge in [-0.3, -0.25) is 4.79 Å². The first kappa shape index (κ1) is 25.0. The highest BCUT2D eigenvalue weighted by Gasteiger charge is 2.23. The number of nitrogens with zero attached hydrogens (tertiary/aromatic N) is 4. The van der Waals surface area contributed by atoms with Gasteiger partial charge >= 0.3 is 5.97 Å². The predicted octanol–water partition coefficient (Wildman–Crippen LogP) is 3.20. The second-order valence-corrected chi connectivity index (χ2v) is 8.02. The van der Waals surface area contributed by atoms with Crippen molar-refractivity contribution in [3.05, 3.63) is 54.7 Å². The summed E-state index contributed by atoms with van der Waals surface area (Å²) in [4.78, 5) is 24.2. The van der Waals surface area contributed by atoms with E-state index in [1.165, 1.54) is 12.1 Å². The molecule has 0 aliphatic rings. The van der Waals surface area contributed by atoms with E-state index in [2.05, 4.69) is 21.9 Å². The molecule has 9 nitrogen and oxygen atoms in total. The third kappa shape index (κ3) is 6.03. The topological polar surface area (TPSA) is 133 Å². The van der Waals surface area contributed by atoms with Crippen molar-refractivity contribution < 1.29 is 24.5 Å². The van der Waals surface area contributed by atoms with Crippen LogP contribution in [0.25, 0.3) is 28.2 Å². The molecular formula is C24H28FN5O4. The van der Waals surface area contributed by atoms with Crippen molar-refractivity contribution in [2.45, 2.75) is 44.9 Å². The summed E-state index contributed by atoms with van der Waals surface area (Å²) in [7, 11) is 1.71. The van der Waals surface area contributed by atoms with Crippen LogP contribution >= 0.6 is 0 Å². The van der Waals surface area contributed by atoms with Crippen LogP contribution in [0.15, 0.2) is 43.1 Å². The molecule has 0 bridgehead atoms. The molecule has 180 valence electrons. The average molecular weight is 470 g/mol. The van der Waals surface area contributed by atoms with Gasteiger partial charge in [0, 0.05) is 25.4 Å². The maximum absolute atomic E-state index is 13.7. The quantitative estimate of drug-likeness (QED) is 0.336. The van der Waals surface area contributed by atoms with Gasteiger partial charge in [0.1, 0.15) is 17.3 Å². The summed E-state index contributed by atoms with van der Waals surface area (Å²) in [6.45, 7) is 6.13. The minimum absolute atomic E-state index is 0.0699. The van der Waals surface area contributed by atoms with E-state index in [1.807, 2.05) is 11.5 Å². The summed E-state index contributed by atoms with van der Waals surface area (Å²) in [5, 5.41) is 32.0. The highest BCUT2D eigenvalue weighted by atomic mass is 19.1. The minimum atomic E-state index is -1.15. The van der Waals surface area contributed by atoms with Crippen LogP contribution in [0.1, 0.15) is 32.0 Å². The van der Waals surface area contributed by atoms with Gasteiger partial charge in [0.15, 0.2) is 0 Å². The summed E-state index contributed by atoms with van der Waals surface area (Å²) in [6.07, 6.45) is -0.758. The summed E-state index contributed by atoms with van der Waals surface area (Å²) in [5.41, 5.74) is 3.14. The lowest BCUT2D eigenvalue weighted by molar-refractivity contribution is -0.139.